The van der Waals surface area contributed by atoms with Crippen molar-refractivity contribution < 1.29 is 4.79 Å². The highest BCUT2D eigenvalue weighted by Crippen LogP contribution is 2.41. The van der Waals surface area contributed by atoms with Crippen LogP contribution >= 0.6 is 0 Å². The SMILES string of the molecule is CCCCCC1CCC(CCC2CCC3=C(CCC(=O)C3)C2)CC1. The molecule has 1 saturated carbocycles. The van der Waals surface area contributed by atoms with Crippen LogP contribution in [-0.2, 0) is 4.79 Å². The molecule has 1 nitrogen and oxygen atoms in total. The van der Waals surface area contributed by atoms with Crippen molar-refractivity contribution in [3.8, 4) is 0 Å². The van der Waals surface area contributed by atoms with Gasteiger partial charge in [0.2, 0.25) is 0 Å². The third-order valence-electron chi connectivity index (χ3n) is 7.17. The van der Waals surface area contributed by atoms with E-state index in [0.717, 1.165) is 37.0 Å². The summed E-state index contributed by atoms with van der Waals surface area (Å²) in [7, 11) is 0. The van der Waals surface area contributed by atoms with E-state index < -0.39 is 0 Å². The number of carbonyl (C=O) groups excluding carboxylic acids is 1. The first-order chi connectivity index (χ1) is 11.7. The number of carbonyl (C=O) groups is 1. The van der Waals surface area contributed by atoms with Gasteiger partial charge >= 0.3 is 0 Å². The summed E-state index contributed by atoms with van der Waals surface area (Å²) in [5.74, 6) is 3.49. The molecule has 0 aromatic carbocycles. The number of rotatable bonds is 7. The molecule has 3 rings (SSSR count). The van der Waals surface area contributed by atoms with Crippen LogP contribution in [0.5, 0.6) is 0 Å². The predicted octanol–water partition coefficient (Wildman–Crippen LogP) is 7.00. The second kappa shape index (κ2) is 9.20. The highest BCUT2D eigenvalue weighted by atomic mass is 16.1. The summed E-state index contributed by atoms with van der Waals surface area (Å²) in [6.45, 7) is 2.31. The molecule has 0 bridgehead atoms. The molecule has 1 fully saturated rings. The van der Waals surface area contributed by atoms with Gasteiger partial charge in [-0.25, -0.2) is 0 Å². The molecule has 1 atom stereocenters. The molecule has 0 amide bonds. The predicted molar refractivity (Wildman–Crippen MR) is 102 cm³/mol. The van der Waals surface area contributed by atoms with E-state index in [2.05, 4.69) is 6.92 Å². The van der Waals surface area contributed by atoms with E-state index in [1.165, 1.54) is 89.0 Å². The minimum absolute atomic E-state index is 0.489. The summed E-state index contributed by atoms with van der Waals surface area (Å²) >= 11 is 0. The lowest BCUT2D eigenvalue weighted by Crippen LogP contribution is -2.19. The largest absolute Gasteiger partial charge is 0.299 e. The second-order valence-electron chi connectivity index (χ2n) is 8.99. The van der Waals surface area contributed by atoms with Crippen molar-refractivity contribution in [1.82, 2.24) is 0 Å². The average molecular weight is 331 g/mol. The fourth-order valence-corrected chi connectivity index (χ4v) is 5.47. The highest BCUT2D eigenvalue weighted by molar-refractivity contribution is 5.82. The Labute approximate surface area is 149 Å². The smallest absolute Gasteiger partial charge is 0.137 e. The molecule has 0 heterocycles. The Bertz CT molecular complexity index is 439. The Hall–Kier alpha value is -0.590. The van der Waals surface area contributed by atoms with Crippen molar-refractivity contribution in [3.63, 3.8) is 0 Å². The summed E-state index contributed by atoms with van der Waals surface area (Å²) in [6.07, 6.45) is 21.4. The summed E-state index contributed by atoms with van der Waals surface area (Å²) in [4.78, 5) is 11.6. The lowest BCUT2D eigenvalue weighted by Gasteiger charge is -2.32. The first-order valence-electron chi connectivity index (χ1n) is 11.0. The Morgan fingerprint density at radius 1 is 0.750 bits per heavy atom. The summed E-state index contributed by atoms with van der Waals surface area (Å²) in [6, 6.07) is 0. The number of Topliss-reactive ketones (excluding diaryl/α,β-unsaturated/α-hetero) is 1. The molecule has 3 aliphatic rings. The maximum atomic E-state index is 11.6. The van der Waals surface area contributed by atoms with Crippen LogP contribution in [0.3, 0.4) is 0 Å². The third kappa shape index (κ3) is 5.20. The minimum atomic E-state index is 0.489. The van der Waals surface area contributed by atoms with Gasteiger partial charge in [0.05, 0.1) is 0 Å². The van der Waals surface area contributed by atoms with E-state index in [1.807, 2.05) is 0 Å². The van der Waals surface area contributed by atoms with Crippen molar-refractivity contribution in [2.24, 2.45) is 17.8 Å². The van der Waals surface area contributed by atoms with Gasteiger partial charge in [0.25, 0.3) is 0 Å². The average Bonchev–Trinajstić information content (AvgIpc) is 2.61. The van der Waals surface area contributed by atoms with Crippen LogP contribution in [0.4, 0.5) is 0 Å². The van der Waals surface area contributed by atoms with E-state index >= 15 is 0 Å². The van der Waals surface area contributed by atoms with Crippen LogP contribution in [-0.4, -0.2) is 5.78 Å². The van der Waals surface area contributed by atoms with Gasteiger partial charge in [0.15, 0.2) is 0 Å². The highest BCUT2D eigenvalue weighted by Gasteiger charge is 2.27. The molecular formula is C23H38O. The molecule has 1 unspecified atom stereocenters. The van der Waals surface area contributed by atoms with Crippen LogP contribution in [0.1, 0.15) is 110 Å². The second-order valence-corrected chi connectivity index (χ2v) is 8.99. The molecule has 1 heteroatoms. The molecule has 0 aromatic heterocycles. The maximum Gasteiger partial charge on any atom is 0.137 e. The Morgan fingerprint density at radius 2 is 1.46 bits per heavy atom. The van der Waals surface area contributed by atoms with Crippen molar-refractivity contribution in [3.05, 3.63) is 11.1 Å². The Balaban J connectivity index is 1.34. The van der Waals surface area contributed by atoms with Gasteiger partial charge in [-0.3, -0.25) is 4.79 Å². The van der Waals surface area contributed by atoms with Crippen molar-refractivity contribution in [1.29, 1.82) is 0 Å². The zero-order valence-electron chi connectivity index (χ0n) is 16.0. The fourth-order valence-electron chi connectivity index (χ4n) is 5.47. The first kappa shape index (κ1) is 18.2. The quantitative estimate of drug-likeness (QED) is 0.362. The Kier molecular flexibility index (Phi) is 6.98. The van der Waals surface area contributed by atoms with Crippen LogP contribution in [0, 0.1) is 17.8 Å². The molecule has 0 N–H and O–H groups in total. The zero-order valence-corrected chi connectivity index (χ0v) is 16.0. The fraction of sp³-hybridized carbons (Fsp3) is 0.870. The van der Waals surface area contributed by atoms with E-state index in [-0.39, 0.29) is 0 Å². The number of allylic oxidation sites excluding steroid dienone is 2. The van der Waals surface area contributed by atoms with Crippen molar-refractivity contribution >= 4 is 5.78 Å². The molecule has 0 aromatic rings. The van der Waals surface area contributed by atoms with Gasteiger partial charge in [0.1, 0.15) is 5.78 Å². The molecule has 3 aliphatic carbocycles. The molecule has 0 aliphatic heterocycles. The van der Waals surface area contributed by atoms with E-state index in [4.69, 9.17) is 0 Å². The van der Waals surface area contributed by atoms with Crippen LogP contribution in [0.25, 0.3) is 0 Å². The monoisotopic (exact) mass is 330 g/mol. The van der Waals surface area contributed by atoms with E-state index in [9.17, 15) is 4.79 Å². The van der Waals surface area contributed by atoms with Crippen LogP contribution in [0.2, 0.25) is 0 Å². The molecular weight excluding hydrogens is 292 g/mol. The summed E-state index contributed by atoms with van der Waals surface area (Å²) < 4.78 is 0. The molecule has 0 radical (unpaired) electrons. The lowest BCUT2D eigenvalue weighted by molar-refractivity contribution is -0.118. The molecule has 0 saturated heterocycles. The summed E-state index contributed by atoms with van der Waals surface area (Å²) in [5, 5.41) is 0. The third-order valence-corrected chi connectivity index (χ3v) is 7.17. The zero-order chi connectivity index (χ0) is 16.8. The van der Waals surface area contributed by atoms with E-state index in [1.54, 1.807) is 5.57 Å². The Morgan fingerprint density at radius 3 is 2.21 bits per heavy atom. The van der Waals surface area contributed by atoms with Gasteiger partial charge in [-0.05, 0) is 49.9 Å². The summed E-state index contributed by atoms with van der Waals surface area (Å²) in [5.41, 5.74) is 3.22. The van der Waals surface area contributed by atoms with Crippen LogP contribution in [0.15, 0.2) is 11.1 Å². The van der Waals surface area contributed by atoms with Gasteiger partial charge in [-0.15, -0.1) is 0 Å². The first-order valence-corrected chi connectivity index (χ1v) is 11.0. The number of hydrogen-bond acceptors (Lipinski definition) is 1. The topological polar surface area (TPSA) is 17.1 Å². The van der Waals surface area contributed by atoms with Gasteiger partial charge in [0, 0.05) is 12.8 Å². The molecule has 0 spiro atoms. The van der Waals surface area contributed by atoms with Crippen LogP contribution < -0.4 is 0 Å². The standard InChI is InChI=1S/C23H38O/c1-2-3-4-5-18-6-8-19(9-7-18)10-11-20-12-13-22-17-23(24)15-14-21(22)16-20/h18-20H,2-17H2,1H3. The van der Waals surface area contributed by atoms with E-state index in [0.29, 0.717) is 5.78 Å². The van der Waals surface area contributed by atoms with Gasteiger partial charge in [-0.2, -0.15) is 0 Å². The number of unbranched alkanes of at least 4 members (excludes halogenated alkanes) is 2. The minimum Gasteiger partial charge on any atom is -0.299 e. The van der Waals surface area contributed by atoms with Crippen molar-refractivity contribution in [2.45, 2.75) is 110 Å². The number of hydrogen-bond donors (Lipinski definition) is 0. The maximum absolute atomic E-state index is 11.6. The van der Waals surface area contributed by atoms with Gasteiger partial charge < -0.3 is 0 Å². The molecule has 136 valence electrons. The van der Waals surface area contributed by atoms with Gasteiger partial charge in [-0.1, -0.05) is 75.9 Å². The normalized spacial score (nSPS) is 31.2. The molecule has 24 heavy (non-hydrogen) atoms. The lowest BCUT2D eigenvalue weighted by atomic mass is 9.73. The number of ketones is 1. The van der Waals surface area contributed by atoms with Crippen molar-refractivity contribution in [2.75, 3.05) is 0 Å².